The predicted molar refractivity (Wildman–Crippen MR) is 72.6 cm³/mol. The standard InChI is InChI=1S/C17H12O2/c18-14-7-3-4-10-8-9-12-11-5-1-2-6-13(11)17(19)16(12)15(10)14/h1-2,5-6,8-9H,3-4,7H2. The Balaban J connectivity index is 2.08. The first-order valence-electron chi connectivity index (χ1n) is 6.60. The van der Waals surface area contributed by atoms with Crippen molar-refractivity contribution in [1.29, 1.82) is 0 Å². The van der Waals surface area contributed by atoms with E-state index in [1.165, 1.54) is 0 Å². The summed E-state index contributed by atoms with van der Waals surface area (Å²) in [6.07, 6.45) is 2.36. The molecular formula is C17H12O2. The van der Waals surface area contributed by atoms with E-state index in [1.54, 1.807) is 0 Å². The molecule has 0 amide bonds. The van der Waals surface area contributed by atoms with E-state index >= 15 is 0 Å². The zero-order chi connectivity index (χ0) is 13.0. The molecule has 0 spiro atoms. The van der Waals surface area contributed by atoms with Crippen molar-refractivity contribution >= 4 is 11.6 Å². The highest BCUT2D eigenvalue weighted by Crippen LogP contribution is 2.40. The Kier molecular flexibility index (Phi) is 2.05. The summed E-state index contributed by atoms with van der Waals surface area (Å²) >= 11 is 0. The van der Waals surface area contributed by atoms with Crippen molar-refractivity contribution in [2.24, 2.45) is 0 Å². The lowest BCUT2D eigenvalue weighted by molar-refractivity contribution is 0.0959. The van der Waals surface area contributed by atoms with E-state index in [4.69, 9.17) is 0 Å². The quantitative estimate of drug-likeness (QED) is 0.611. The highest BCUT2D eigenvalue weighted by Gasteiger charge is 2.33. The monoisotopic (exact) mass is 248 g/mol. The van der Waals surface area contributed by atoms with Crippen LogP contribution in [0, 0.1) is 0 Å². The molecule has 92 valence electrons. The Morgan fingerprint density at radius 3 is 2.37 bits per heavy atom. The van der Waals surface area contributed by atoms with Gasteiger partial charge in [0.05, 0.1) is 0 Å². The third-order valence-corrected chi connectivity index (χ3v) is 4.11. The molecule has 2 heteroatoms. The van der Waals surface area contributed by atoms with Crippen LogP contribution in [-0.4, -0.2) is 11.6 Å². The maximum atomic E-state index is 12.6. The number of fused-ring (bicyclic) bond motifs is 5. The first-order chi connectivity index (χ1) is 9.27. The van der Waals surface area contributed by atoms with Crippen molar-refractivity contribution in [3.05, 3.63) is 58.7 Å². The van der Waals surface area contributed by atoms with E-state index in [1.807, 2.05) is 36.4 Å². The minimum Gasteiger partial charge on any atom is -0.294 e. The molecule has 0 atom stereocenters. The number of hydrogen-bond acceptors (Lipinski definition) is 2. The van der Waals surface area contributed by atoms with Crippen LogP contribution in [0.4, 0.5) is 0 Å². The van der Waals surface area contributed by atoms with Gasteiger partial charge >= 0.3 is 0 Å². The lowest BCUT2D eigenvalue weighted by atomic mass is 9.85. The number of ketones is 2. The van der Waals surface area contributed by atoms with Crippen LogP contribution in [0.15, 0.2) is 36.4 Å². The number of aryl methyl sites for hydroxylation is 1. The zero-order valence-corrected chi connectivity index (χ0v) is 10.4. The van der Waals surface area contributed by atoms with Gasteiger partial charge in [-0.25, -0.2) is 0 Å². The molecule has 2 aromatic rings. The molecule has 0 aromatic heterocycles. The highest BCUT2D eigenvalue weighted by molar-refractivity contribution is 6.26. The van der Waals surface area contributed by atoms with Gasteiger partial charge in [-0.2, -0.15) is 0 Å². The summed E-state index contributed by atoms with van der Waals surface area (Å²) in [5.74, 6) is 0.136. The van der Waals surface area contributed by atoms with Crippen LogP contribution >= 0.6 is 0 Å². The molecule has 0 aliphatic heterocycles. The molecule has 0 saturated heterocycles. The van der Waals surface area contributed by atoms with Gasteiger partial charge in [-0.05, 0) is 29.5 Å². The predicted octanol–water partition coefficient (Wildman–Crippen LogP) is 3.42. The van der Waals surface area contributed by atoms with Gasteiger partial charge < -0.3 is 0 Å². The number of hydrogen-bond donors (Lipinski definition) is 0. The number of rotatable bonds is 0. The van der Waals surface area contributed by atoms with Crippen LogP contribution in [0.3, 0.4) is 0 Å². The lowest BCUT2D eigenvalue weighted by Gasteiger charge is -2.17. The second kappa shape index (κ2) is 3.64. The molecule has 0 unspecified atom stereocenters. The zero-order valence-electron chi connectivity index (χ0n) is 10.4. The lowest BCUT2D eigenvalue weighted by Crippen LogP contribution is -2.15. The third-order valence-electron chi connectivity index (χ3n) is 4.11. The Bertz CT molecular complexity index is 741. The normalized spacial score (nSPS) is 16.0. The summed E-state index contributed by atoms with van der Waals surface area (Å²) in [5.41, 5.74) is 4.98. The maximum Gasteiger partial charge on any atom is 0.195 e. The maximum absolute atomic E-state index is 12.6. The van der Waals surface area contributed by atoms with E-state index < -0.39 is 0 Å². The van der Waals surface area contributed by atoms with Gasteiger partial charge in [0.15, 0.2) is 11.6 Å². The Morgan fingerprint density at radius 2 is 1.53 bits per heavy atom. The third kappa shape index (κ3) is 1.31. The molecule has 0 saturated carbocycles. The van der Waals surface area contributed by atoms with Crippen molar-refractivity contribution in [1.82, 2.24) is 0 Å². The fraction of sp³-hybridized carbons (Fsp3) is 0.176. The Hall–Kier alpha value is -2.22. The molecule has 2 aliphatic rings. The van der Waals surface area contributed by atoms with Crippen molar-refractivity contribution in [2.45, 2.75) is 19.3 Å². The SMILES string of the molecule is O=C1CCCc2ccc3c(c21)C(=O)c1ccccc1-3. The molecule has 0 radical (unpaired) electrons. The largest absolute Gasteiger partial charge is 0.294 e. The minimum atomic E-state index is 0.0118. The molecule has 0 fully saturated rings. The summed E-state index contributed by atoms with van der Waals surface area (Å²) < 4.78 is 0. The number of carbonyl (C=O) groups is 2. The summed E-state index contributed by atoms with van der Waals surface area (Å²) in [5, 5.41) is 0. The highest BCUT2D eigenvalue weighted by atomic mass is 16.1. The molecule has 0 heterocycles. The Labute approximate surface area is 111 Å². The second-order valence-electron chi connectivity index (χ2n) is 5.17. The fourth-order valence-corrected chi connectivity index (χ4v) is 3.25. The summed E-state index contributed by atoms with van der Waals surface area (Å²) in [7, 11) is 0. The van der Waals surface area contributed by atoms with Crippen molar-refractivity contribution in [3.63, 3.8) is 0 Å². The minimum absolute atomic E-state index is 0.0118. The Morgan fingerprint density at radius 1 is 0.737 bits per heavy atom. The topological polar surface area (TPSA) is 34.1 Å². The molecule has 2 nitrogen and oxygen atoms in total. The van der Waals surface area contributed by atoms with Crippen molar-refractivity contribution in [2.75, 3.05) is 0 Å². The van der Waals surface area contributed by atoms with Gasteiger partial charge in [-0.15, -0.1) is 0 Å². The van der Waals surface area contributed by atoms with Crippen LogP contribution in [0.1, 0.15) is 44.7 Å². The van der Waals surface area contributed by atoms with Gasteiger partial charge in [-0.1, -0.05) is 36.4 Å². The molecule has 4 rings (SSSR count). The average molecular weight is 248 g/mol. The summed E-state index contributed by atoms with van der Waals surface area (Å²) in [6, 6.07) is 11.6. The van der Waals surface area contributed by atoms with Crippen LogP contribution < -0.4 is 0 Å². The van der Waals surface area contributed by atoms with Gasteiger partial charge in [0.25, 0.3) is 0 Å². The van der Waals surface area contributed by atoms with Crippen LogP contribution in [0.5, 0.6) is 0 Å². The fourth-order valence-electron chi connectivity index (χ4n) is 3.25. The molecule has 2 aromatic carbocycles. The van der Waals surface area contributed by atoms with Gasteiger partial charge in [0, 0.05) is 23.1 Å². The number of benzene rings is 2. The molecule has 0 N–H and O–H groups in total. The molecular weight excluding hydrogens is 236 g/mol. The van der Waals surface area contributed by atoms with Gasteiger partial charge in [0.2, 0.25) is 0 Å². The van der Waals surface area contributed by atoms with Crippen molar-refractivity contribution in [3.8, 4) is 11.1 Å². The average Bonchev–Trinajstić information content (AvgIpc) is 2.73. The van der Waals surface area contributed by atoms with E-state index in [0.29, 0.717) is 17.5 Å². The van der Waals surface area contributed by atoms with Crippen LogP contribution in [0.2, 0.25) is 0 Å². The van der Waals surface area contributed by atoms with Crippen molar-refractivity contribution < 1.29 is 9.59 Å². The second-order valence-corrected chi connectivity index (χ2v) is 5.17. The molecule has 19 heavy (non-hydrogen) atoms. The van der Waals surface area contributed by atoms with Crippen LogP contribution in [0.25, 0.3) is 11.1 Å². The smallest absolute Gasteiger partial charge is 0.195 e. The first-order valence-corrected chi connectivity index (χ1v) is 6.60. The number of carbonyl (C=O) groups excluding carboxylic acids is 2. The molecule has 2 aliphatic carbocycles. The van der Waals surface area contributed by atoms with E-state index in [0.717, 1.165) is 35.1 Å². The van der Waals surface area contributed by atoms with E-state index in [9.17, 15) is 9.59 Å². The van der Waals surface area contributed by atoms with Gasteiger partial charge in [-0.3, -0.25) is 9.59 Å². The number of Topliss-reactive ketones (excluding diaryl/α,β-unsaturated/α-hetero) is 1. The summed E-state index contributed by atoms with van der Waals surface area (Å²) in [4.78, 5) is 24.7. The van der Waals surface area contributed by atoms with E-state index in [-0.39, 0.29) is 11.6 Å². The first kappa shape index (κ1) is 10.7. The molecule has 0 bridgehead atoms. The summed E-state index contributed by atoms with van der Waals surface area (Å²) in [6.45, 7) is 0. The van der Waals surface area contributed by atoms with E-state index in [2.05, 4.69) is 0 Å². The van der Waals surface area contributed by atoms with Crippen LogP contribution in [-0.2, 0) is 6.42 Å². The van der Waals surface area contributed by atoms with Gasteiger partial charge in [0.1, 0.15) is 0 Å².